The second-order valence-electron chi connectivity index (χ2n) is 4.49. The summed E-state index contributed by atoms with van der Waals surface area (Å²) in [5, 5.41) is 6.38. The molecule has 0 unspecified atom stereocenters. The first-order chi connectivity index (χ1) is 11.0. The SMILES string of the molecule is CCOc1ccc(NC(=S)NC(=O)c2ccc(Cl)c(Cl)c2)cc1. The number of thiocarbonyl (C=S) groups is 1. The van der Waals surface area contributed by atoms with Crippen LogP contribution >= 0.6 is 35.4 Å². The molecule has 0 saturated heterocycles. The van der Waals surface area contributed by atoms with Crippen molar-refractivity contribution in [3.63, 3.8) is 0 Å². The van der Waals surface area contributed by atoms with Crippen molar-refractivity contribution < 1.29 is 9.53 Å². The predicted octanol–water partition coefficient (Wildman–Crippen LogP) is 4.52. The van der Waals surface area contributed by atoms with Gasteiger partial charge in [-0.15, -0.1) is 0 Å². The van der Waals surface area contributed by atoms with E-state index in [0.717, 1.165) is 11.4 Å². The van der Waals surface area contributed by atoms with E-state index in [1.807, 2.05) is 31.2 Å². The third-order valence-electron chi connectivity index (χ3n) is 2.83. The van der Waals surface area contributed by atoms with Gasteiger partial charge in [0, 0.05) is 11.3 Å². The molecule has 2 aromatic rings. The van der Waals surface area contributed by atoms with Gasteiger partial charge in [0.05, 0.1) is 16.7 Å². The third kappa shape index (κ3) is 5.10. The number of benzene rings is 2. The number of carbonyl (C=O) groups excluding carboxylic acids is 1. The maximum Gasteiger partial charge on any atom is 0.257 e. The lowest BCUT2D eigenvalue weighted by Crippen LogP contribution is -2.34. The molecule has 0 heterocycles. The molecule has 0 fully saturated rings. The van der Waals surface area contributed by atoms with Gasteiger partial charge in [0.15, 0.2) is 5.11 Å². The number of ether oxygens (including phenoxy) is 1. The number of hydrogen-bond acceptors (Lipinski definition) is 3. The van der Waals surface area contributed by atoms with Gasteiger partial charge in [-0.2, -0.15) is 0 Å². The smallest absolute Gasteiger partial charge is 0.257 e. The highest BCUT2D eigenvalue weighted by Crippen LogP contribution is 2.22. The lowest BCUT2D eigenvalue weighted by atomic mass is 10.2. The van der Waals surface area contributed by atoms with Crippen molar-refractivity contribution >= 4 is 52.1 Å². The van der Waals surface area contributed by atoms with Crippen LogP contribution in [0.2, 0.25) is 10.0 Å². The molecule has 7 heteroatoms. The van der Waals surface area contributed by atoms with Crippen LogP contribution in [0.1, 0.15) is 17.3 Å². The molecule has 2 N–H and O–H groups in total. The Morgan fingerprint density at radius 2 is 1.83 bits per heavy atom. The van der Waals surface area contributed by atoms with E-state index in [4.69, 9.17) is 40.2 Å². The molecule has 2 aromatic carbocycles. The molecular formula is C16H14Cl2N2O2S. The van der Waals surface area contributed by atoms with E-state index in [0.29, 0.717) is 22.2 Å². The maximum atomic E-state index is 12.1. The van der Waals surface area contributed by atoms with Crippen LogP contribution in [-0.2, 0) is 0 Å². The van der Waals surface area contributed by atoms with Crippen LogP contribution in [0.4, 0.5) is 5.69 Å². The van der Waals surface area contributed by atoms with Crippen molar-refractivity contribution in [1.82, 2.24) is 5.32 Å². The molecule has 0 atom stereocenters. The van der Waals surface area contributed by atoms with Crippen LogP contribution in [0, 0.1) is 0 Å². The summed E-state index contributed by atoms with van der Waals surface area (Å²) in [6.45, 7) is 2.52. The molecule has 120 valence electrons. The molecule has 23 heavy (non-hydrogen) atoms. The number of nitrogens with one attached hydrogen (secondary N) is 2. The Morgan fingerprint density at radius 3 is 2.43 bits per heavy atom. The van der Waals surface area contributed by atoms with E-state index in [-0.39, 0.29) is 11.0 Å². The van der Waals surface area contributed by atoms with E-state index in [1.54, 1.807) is 12.1 Å². The Hall–Kier alpha value is -1.82. The van der Waals surface area contributed by atoms with Crippen LogP contribution < -0.4 is 15.4 Å². The molecule has 0 aliphatic rings. The minimum atomic E-state index is -0.369. The molecule has 1 amide bonds. The number of hydrogen-bond donors (Lipinski definition) is 2. The molecule has 0 spiro atoms. The largest absolute Gasteiger partial charge is 0.494 e. The fraction of sp³-hybridized carbons (Fsp3) is 0.125. The van der Waals surface area contributed by atoms with Crippen LogP contribution in [0.25, 0.3) is 0 Å². The normalized spacial score (nSPS) is 10.0. The highest BCUT2D eigenvalue weighted by atomic mass is 35.5. The Kier molecular flexibility index (Phi) is 6.21. The van der Waals surface area contributed by atoms with Crippen molar-refractivity contribution in [1.29, 1.82) is 0 Å². The number of halogens is 2. The summed E-state index contributed by atoms with van der Waals surface area (Å²) in [6, 6.07) is 11.9. The average molecular weight is 369 g/mol. The number of rotatable bonds is 4. The van der Waals surface area contributed by atoms with Crippen molar-refractivity contribution in [2.24, 2.45) is 0 Å². The second-order valence-corrected chi connectivity index (χ2v) is 5.72. The quantitative estimate of drug-likeness (QED) is 0.779. The summed E-state index contributed by atoms with van der Waals surface area (Å²) in [4.78, 5) is 12.1. The van der Waals surface area contributed by atoms with Gasteiger partial charge in [0.2, 0.25) is 0 Å². The van der Waals surface area contributed by atoms with Gasteiger partial charge in [0.25, 0.3) is 5.91 Å². The zero-order chi connectivity index (χ0) is 16.8. The van der Waals surface area contributed by atoms with E-state index < -0.39 is 0 Å². The third-order valence-corrected chi connectivity index (χ3v) is 3.78. The van der Waals surface area contributed by atoms with E-state index in [2.05, 4.69) is 10.6 Å². The van der Waals surface area contributed by atoms with E-state index in [1.165, 1.54) is 6.07 Å². The molecule has 0 aliphatic carbocycles. The maximum absolute atomic E-state index is 12.1. The lowest BCUT2D eigenvalue weighted by molar-refractivity contribution is 0.0977. The van der Waals surface area contributed by atoms with Gasteiger partial charge in [0.1, 0.15) is 5.75 Å². The molecule has 0 saturated carbocycles. The lowest BCUT2D eigenvalue weighted by Gasteiger charge is -2.10. The molecule has 0 aromatic heterocycles. The van der Waals surface area contributed by atoms with Crippen molar-refractivity contribution in [2.75, 3.05) is 11.9 Å². The predicted molar refractivity (Wildman–Crippen MR) is 97.8 cm³/mol. The number of anilines is 1. The van der Waals surface area contributed by atoms with Crippen molar-refractivity contribution in [2.45, 2.75) is 6.92 Å². The molecule has 0 aliphatic heterocycles. The first kappa shape index (κ1) is 17.5. The van der Waals surface area contributed by atoms with Gasteiger partial charge >= 0.3 is 0 Å². The van der Waals surface area contributed by atoms with Crippen molar-refractivity contribution in [3.8, 4) is 5.75 Å². The van der Waals surface area contributed by atoms with E-state index >= 15 is 0 Å². The molecule has 2 rings (SSSR count). The van der Waals surface area contributed by atoms with Crippen LogP contribution in [0.3, 0.4) is 0 Å². The van der Waals surface area contributed by atoms with Gasteiger partial charge in [-0.05, 0) is 61.6 Å². The van der Waals surface area contributed by atoms with Gasteiger partial charge in [-0.1, -0.05) is 23.2 Å². The Labute approximate surface area is 149 Å². The van der Waals surface area contributed by atoms with E-state index in [9.17, 15) is 4.79 Å². The summed E-state index contributed by atoms with van der Waals surface area (Å²) in [7, 11) is 0. The Balaban J connectivity index is 1.95. The first-order valence-corrected chi connectivity index (χ1v) is 7.96. The number of carbonyl (C=O) groups is 1. The number of amides is 1. The zero-order valence-corrected chi connectivity index (χ0v) is 14.6. The molecule has 0 radical (unpaired) electrons. The zero-order valence-electron chi connectivity index (χ0n) is 12.2. The van der Waals surface area contributed by atoms with Gasteiger partial charge in [-0.25, -0.2) is 0 Å². The highest BCUT2D eigenvalue weighted by molar-refractivity contribution is 7.80. The Bertz CT molecular complexity index is 721. The van der Waals surface area contributed by atoms with Crippen LogP contribution in [0.15, 0.2) is 42.5 Å². The molecular weight excluding hydrogens is 355 g/mol. The summed E-state index contributed by atoms with van der Waals surface area (Å²) < 4.78 is 5.36. The summed E-state index contributed by atoms with van der Waals surface area (Å²) >= 11 is 16.8. The fourth-order valence-corrected chi connectivity index (χ4v) is 2.28. The van der Waals surface area contributed by atoms with Crippen molar-refractivity contribution in [3.05, 3.63) is 58.1 Å². The minimum absolute atomic E-state index is 0.185. The van der Waals surface area contributed by atoms with Crippen LogP contribution in [-0.4, -0.2) is 17.6 Å². The summed E-state index contributed by atoms with van der Waals surface area (Å²) in [6.07, 6.45) is 0. The Morgan fingerprint density at radius 1 is 1.13 bits per heavy atom. The highest BCUT2D eigenvalue weighted by Gasteiger charge is 2.10. The summed E-state index contributed by atoms with van der Waals surface area (Å²) in [5.74, 6) is 0.399. The topological polar surface area (TPSA) is 50.4 Å². The fourth-order valence-electron chi connectivity index (χ4n) is 1.78. The molecule has 0 bridgehead atoms. The van der Waals surface area contributed by atoms with Gasteiger partial charge < -0.3 is 10.1 Å². The van der Waals surface area contributed by atoms with Gasteiger partial charge in [-0.3, -0.25) is 10.1 Å². The molecule has 4 nitrogen and oxygen atoms in total. The standard InChI is InChI=1S/C16H14Cl2N2O2S/c1-2-22-12-6-4-11(5-7-12)19-16(23)20-15(21)10-3-8-13(17)14(18)9-10/h3-9H,2H2,1H3,(H2,19,20,21,23). The van der Waals surface area contributed by atoms with Crippen LogP contribution in [0.5, 0.6) is 5.75 Å². The average Bonchev–Trinajstić information content (AvgIpc) is 2.52. The minimum Gasteiger partial charge on any atom is -0.494 e. The monoisotopic (exact) mass is 368 g/mol. The summed E-state index contributed by atoms with van der Waals surface area (Å²) in [5.41, 5.74) is 1.11. The second kappa shape index (κ2) is 8.15. The first-order valence-electron chi connectivity index (χ1n) is 6.80.